The van der Waals surface area contributed by atoms with E-state index < -0.39 is 0 Å². The Morgan fingerprint density at radius 1 is 1.67 bits per heavy atom. The zero-order chi connectivity index (χ0) is 8.97. The number of nitrogens with one attached hydrogen (secondary N) is 1. The van der Waals surface area contributed by atoms with Crippen molar-refractivity contribution in [3.63, 3.8) is 0 Å². The Kier molecular flexibility index (Phi) is 3.35. The van der Waals surface area contributed by atoms with E-state index in [9.17, 15) is 0 Å². The van der Waals surface area contributed by atoms with Crippen molar-refractivity contribution in [1.29, 1.82) is 0 Å². The van der Waals surface area contributed by atoms with Gasteiger partial charge in [-0.15, -0.1) is 11.3 Å². The molecule has 1 nitrogen and oxygen atoms in total. The summed E-state index contributed by atoms with van der Waals surface area (Å²) in [5, 5.41) is 5.30. The Morgan fingerprint density at radius 3 is 3.00 bits per heavy atom. The van der Waals surface area contributed by atoms with E-state index in [4.69, 9.17) is 0 Å². The molecule has 0 fully saturated rings. The molecule has 0 bridgehead atoms. The lowest BCUT2D eigenvalue weighted by atomic mass is 10.2. The van der Waals surface area contributed by atoms with Crippen molar-refractivity contribution < 1.29 is 0 Å². The van der Waals surface area contributed by atoms with Gasteiger partial charge in [0, 0.05) is 7.05 Å². The highest BCUT2D eigenvalue weighted by molar-refractivity contribution is 7.11. The topological polar surface area (TPSA) is 12.0 Å². The molecular weight excluding hydrogens is 166 g/mol. The number of hydrogen-bond acceptors (Lipinski definition) is 2. The van der Waals surface area contributed by atoms with Crippen LogP contribution in [0.15, 0.2) is 17.5 Å². The summed E-state index contributed by atoms with van der Waals surface area (Å²) in [5.41, 5.74) is 2.61. The van der Waals surface area contributed by atoms with Crippen LogP contribution in [0, 0.1) is 0 Å². The second-order valence-corrected chi connectivity index (χ2v) is 3.62. The van der Waals surface area contributed by atoms with Gasteiger partial charge < -0.3 is 5.32 Å². The minimum absolute atomic E-state index is 1.10. The Labute approximate surface area is 78.1 Å². The molecule has 12 heavy (non-hydrogen) atoms. The lowest BCUT2D eigenvalue weighted by Crippen LogP contribution is -1.88. The molecule has 0 amide bonds. The van der Waals surface area contributed by atoms with Gasteiger partial charge in [0.15, 0.2) is 0 Å². The molecule has 0 atom stereocenters. The van der Waals surface area contributed by atoms with E-state index in [0.29, 0.717) is 0 Å². The molecule has 2 heteroatoms. The van der Waals surface area contributed by atoms with Gasteiger partial charge in [0.05, 0.1) is 10.6 Å². The molecule has 0 aliphatic heterocycles. The van der Waals surface area contributed by atoms with Gasteiger partial charge in [0.1, 0.15) is 0 Å². The summed E-state index contributed by atoms with van der Waals surface area (Å²) in [6, 6.07) is 2.12. The molecule has 1 rings (SSSR count). The predicted octanol–water partition coefficient (Wildman–Crippen LogP) is 3.60. The van der Waals surface area contributed by atoms with Crippen LogP contribution in [0.1, 0.15) is 25.1 Å². The van der Waals surface area contributed by atoms with Crippen LogP contribution in [-0.2, 0) is 0 Å². The maximum atomic E-state index is 3.18. The third-order valence-corrected chi connectivity index (χ3v) is 2.85. The van der Waals surface area contributed by atoms with Gasteiger partial charge in [-0.1, -0.05) is 13.0 Å². The fourth-order valence-electron chi connectivity index (χ4n) is 1.21. The van der Waals surface area contributed by atoms with Crippen LogP contribution >= 0.6 is 11.3 Å². The summed E-state index contributed by atoms with van der Waals surface area (Å²) < 4.78 is 0. The molecule has 0 aliphatic rings. The third-order valence-electron chi connectivity index (χ3n) is 1.80. The van der Waals surface area contributed by atoms with E-state index >= 15 is 0 Å². The van der Waals surface area contributed by atoms with Crippen LogP contribution in [0.5, 0.6) is 0 Å². The lowest BCUT2D eigenvalue weighted by Gasteiger charge is -2.02. The van der Waals surface area contributed by atoms with Gasteiger partial charge in [-0.25, -0.2) is 0 Å². The predicted molar refractivity (Wildman–Crippen MR) is 57.8 cm³/mol. The van der Waals surface area contributed by atoms with Crippen LogP contribution in [-0.4, -0.2) is 7.05 Å². The fourth-order valence-corrected chi connectivity index (χ4v) is 2.12. The zero-order valence-electron chi connectivity index (χ0n) is 7.85. The summed E-state index contributed by atoms with van der Waals surface area (Å²) >= 11 is 1.79. The Hall–Kier alpha value is -0.760. The normalized spacial score (nSPS) is 11.8. The second-order valence-electron chi connectivity index (χ2n) is 2.71. The van der Waals surface area contributed by atoms with Gasteiger partial charge in [-0.2, -0.15) is 0 Å². The summed E-state index contributed by atoms with van der Waals surface area (Å²) in [5.74, 6) is 0. The Morgan fingerprint density at radius 2 is 2.42 bits per heavy atom. The molecule has 0 saturated carbocycles. The number of rotatable bonds is 3. The van der Waals surface area contributed by atoms with E-state index in [1.54, 1.807) is 11.3 Å². The smallest absolute Gasteiger partial charge is 0.0527 e. The quantitative estimate of drug-likeness (QED) is 0.751. The van der Waals surface area contributed by atoms with Crippen molar-refractivity contribution >= 4 is 22.6 Å². The number of anilines is 1. The number of hydrogen-bond donors (Lipinski definition) is 1. The van der Waals surface area contributed by atoms with E-state index in [1.165, 1.54) is 16.1 Å². The van der Waals surface area contributed by atoms with Crippen LogP contribution in [0.25, 0.3) is 5.57 Å². The SMILES string of the molecule is CC/C=C(/C)c1sccc1NC. The molecule has 0 aliphatic carbocycles. The molecule has 1 aromatic rings. The average Bonchev–Trinajstić information content (AvgIpc) is 2.51. The van der Waals surface area contributed by atoms with Crippen molar-refractivity contribution in [3.05, 3.63) is 22.4 Å². The molecule has 66 valence electrons. The first-order valence-electron chi connectivity index (χ1n) is 4.22. The van der Waals surface area contributed by atoms with Crippen molar-refractivity contribution in [2.75, 3.05) is 12.4 Å². The lowest BCUT2D eigenvalue weighted by molar-refractivity contribution is 1.22. The van der Waals surface area contributed by atoms with Crippen molar-refractivity contribution in [2.45, 2.75) is 20.3 Å². The van der Waals surface area contributed by atoms with Crippen molar-refractivity contribution in [3.8, 4) is 0 Å². The standard InChI is InChI=1S/C10H15NS/c1-4-5-8(2)10-9(11-3)6-7-12-10/h5-7,11H,4H2,1-3H3/b8-5-. The van der Waals surface area contributed by atoms with Gasteiger partial charge in [0.25, 0.3) is 0 Å². The van der Waals surface area contributed by atoms with E-state index in [-0.39, 0.29) is 0 Å². The van der Waals surface area contributed by atoms with Gasteiger partial charge in [0.2, 0.25) is 0 Å². The van der Waals surface area contributed by atoms with Crippen LogP contribution < -0.4 is 5.32 Å². The highest BCUT2D eigenvalue weighted by Crippen LogP contribution is 2.29. The molecule has 0 unspecified atom stereocenters. The molecule has 0 spiro atoms. The summed E-state index contributed by atoms with van der Waals surface area (Å²) in [6.45, 7) is 4.33. The van der Waals surface area contributed by atoms with E-state index in [0.717, 1.165) is 6.42 Å². The summed E-state index contributed by atoms with van der Waals surface area (Å²) in [7, 11) is 1.96. The fraction of sp³-hybridized carbons (Fsp3) is 0.400. The summed E-state index contributed by atoms with van der Waals surface area (Å²) in [6.07, 6.45) is 3.36. The minimum atomic E-state index is 1.10. The first-order chi connectivity index (χ1) is 5.79. The highest BCUT2D eigenvalue weighted by atomic mass is 32.1. The Balaban J connectivity index is 2.93. The highest BCUT2D eigenvalue weighted by Gasteiger charge is 2.02. The van der Waals surface area contributed by atoms with Crippen LogP contribution in [0.4, 0.5) is 5.69 Å². The maximum Gasteiger partial charge on any atom is 0.0527 e. The zero-order valence-corrected chi connectivity index (χ0v) is 8.66. The molecule has 1 heterocycles. The van der Waals surface area contributed by atoms with Crippen molar-refractivity contribution in [2.24, 2.45) is 0 Å². The first kappa shape index (κ1) is 9.33. The van der Waals surface area contributed by atoms with Gasteiger partial charge >= 0.3 is 0 Å². The number of allylic oxidation sites excluding steroid dienone is 2. The van der Waals surface area contributed by atoms with Gasteiger partial charge in [-0.05, 0) is 30.4 Å². The molecule has 1 aromatic heterocycles. The monoisotopic (exact) mass is 181 g/mol. The van der Waals surface area contributed by atoms with E-state index in [2.05, 4.69) is 36.7 Å². The first-order valence-corrected chi connectivity index (χ1v) is 5.10. The average molecular weight is 181 g/mol. The summed E-state index contributed by atoms with van der Waals surface area (Å²) in [4.78, 5) is 1.36. The minimum Gasteiger partial charge on any atom is -0.387 e. The third kappa shape index (κ3) is 1.89. The number of thiophene rings is 1. The van der Waals surface area contributed by atoms with E-state index in [1.807, 2.05) is 7.05 Å². The van der Waals surface area contributed by atoms with Crippen molar-refractivity contribution in [1.82, 2.24) is 0 Å². The molecule has 0 aromatic carbocycles. The van der Waals surface area contributed by atoms with Crippen LogP contribution in [0.2, 0.25) is 0 Å². The second kappa shape index (κ2) is 4.31. The maximum absolute atomic E-state index is 3.18. The molecule has 0 radical (unpaired) electrons. The molecular formula is C10H15NS. The molecule has 0 saturated heterocycles. The molecule has 1 N–H and O–H groups in total. The Bertz CT molecular complexity index is 273. The van der Waals surface area contributed by atoms with Gasteiger partial charge in [-0.3, -0.25) is 0 Å². The van der Waals surface area contributed by atoms with Crippen LogP contribution in [0.3, 0.4) is 0 Å². The largest absolute Gasteiger partial charge is 0.387 e.